The van der Waals surface area contributed by atoms with Crippen LogP contribution in [0.5, 0.6) is 5.75 Å². The summed E-state index contributed by atoms with van der Waals surface area (Å²) in [6.45, 7) is 1.92. The second-order valence-electron chi connectivity index (χ2n) is 8.67. The van der Waals surface area contributed by atoms with Crippen LogP contribution >= 0.6 is 22.9 Å². The first-order chi connectivity index (χ1) is 18.6. The Hall–Kier alpha value is -4.09. The van der Waals surface area contributed by atoms with Crippen LogP contribution in [0.3, 0.4) is 0 Å². The molecule has 9 nitrogen and oxygen atoms in total. The molecule has 38 heavy (non-hydrogen) atoms. The minimum atomic E-state index is -0.491. The maximum Gasteiger partial charge on any atom is 0.229 e. The molecular formula is C26H22ClFN8OS. The van der Waals surface area contributed by atoms with Crippen molar-refractivity contribution in [2.24, 2.45) is 0 Å². The second-order valence-corrected chi connectivity index (χ2v) is 10.2. The predicted octanol–water partition coefficient (Wildman–Crippen LogP) is 5.35. The SMILES string of the molecule is COc1ccc(Cn2ncc3c2N(Cc2ccc(Cl)cn2)CCc2sc(Nc4ncc(F)cn4)nc2-3)cc1. The van der Waals surface area contributed by atoms with Crippen LogP contribution in [0, 0.1) is 5.82 Å². The number of hydrogen-bond acceptors (Lipinski definition) is 9. The number of nitrogens with zero attached hydrogens (tertiary/aromatic N) is 7. The van der Waals surface area contributed by atoms with Crippen LogP contribution in [0.2, 0.25) is 5.02 Å². The number of anilines is 3. The number of ether oxygens (including phenoxy) is 1. The van der Waals surface area contributed by atoms with Crippen LogP contribution in [0.4, 0.5) is 21.3 Å². The summed E-state index contributed by atoms with van der Waals surface area (Å²) >= 11 is 7.60. The maximum absolute atomic E-state index is 13.2. The van der Waals surface area contributed by atoms with Crippen LogP contribution < -0.4 is 15.0 Å². The number of hydrogen-bond donors (Lipinski definition) is 1. The van der Waals surface area contributed by atoms with Gasteiger partial charge in [0.05, 0.1) is 60.8 Å². The summed E-state index contributed by atoms with van der Waals surface area (Å²) in [4.78, 5) is 20.8. The predicted molar refractivity (Wildman–Crippen MR) is 145 cm³/mol. The highest BCUT2D eigenvalue weighted by Gasteiger charge is 2.28. The van der Waals surface area contributed by atoms with Gasteiger partial charge in [-0.25, -0.2) is 24.0 Å². The molecule has 1 N–H and O–H groups in total. The van der Waals surface area contributed by atoms with Crippen molar-refractivity contribution < 1.29 is 9.13 Å². The first-order valence-corrected chi connectivity index (χ1v) is 13.0. The largest absolute Gasteiger partial charge is 0.497 e. The van der Waals surface area contributed by atoms with Crippen LogP contribution in [0.1, 0.15) is 16.1 Å². The van der Waals surface area contributed by atoms with Crippen molar-refractivity contribution in [1.82, 2.24) is 29.7 Å². The van der Waals surface area contributed by atoms with E-state index < -0.39 is 5.82 Å². The fraction of sp³-hybridized carbons (Fsp3) is 0.192. The summed E-state index contributed by atoms with van der Waals surface area (Å²) in [5.41, 5.74) is 3.80. The Labute approximate surface area is 226 Å². The van der Waals surface area contributed by atoms with Gasteiger partial charge in [-0.1, -0.05) is 23.7 Å². The zero-order valence-electron chi connectivity index (χ0n) is 20.3. The summed E-state index contributed by atoms with van der Waals surface area (Å²) in [6.07, 6.45) is 6.56. The first-order valence-electron chi connectivity index (χ1n) is 11.8. The lowest BCUT2D eigenvalue weighted by molar-refractivity contribution is 0.414. The molecule has 0 fully saturated rings. The molecule has 0 aliphatic carbocycles. The number of halogens is 2. The van der Waals surface area contributed by atoms with Crippen molar-refractivity contribution in [2.45, 2.75) is 19.5 Å². The summed E-state index contributed by atoms with van der Waals surface area (Å²) in [7, 11) is 1.65. The third kappa shape index (κ3) is 5.02. The smallest absolute Gasteiger partial charge is 0.229 e. The third-order valence-electron chi connectivity index (χ3n) is 6.14. The van der Waals surface area contributed by atoms with Crippen molar-refractivity contribution in [2.75, 3.05) is 23.9 Å². The van der Waals surface area contributed by atoms with E-state index in [9.17, 15) is 4.39 Å². The molecular weight excluding hydrogens is 527 g/mol. The molecule has 192 valence electrons. The van der Waals surface area contributed by atoms with E-state index >= 15 is 0 Å². The monoisotopic (exact) mass is 548 g/mol. The minimum absolute atomic E-state index is 0.293. The molecule has 5 heterocycles. The van der Waals surface area contributed by atoms with E-state index in [0.717, 1.165) is 64.3 Å². The van der Waals surface area contributed by atoms with Crippen LogP contribution in [0.15, 0.2) is 61.2 Å². The number of nitrogens with one attached hydrogen (secondary N) is 1. The molecule has 1 aliphatic heterocycles. The van der Waals surface area contributed by atoms with Crippen molar-refractivity contribution in [1.29, 1.82) is 0 Å². The van der Waals surface area contributed by atoms with Crippen molar-refractivity contribution in [3.63, 3.8) is 0 Å². The molecule has 4 aromatic heterocycles. The van der Waals surface area contributed by atoms with Gasteiger partial charge >= 0.3 is 0 Å². The number of pyridine rings is 1. The molecule has 0 spiro atoms. The number of fused-ring (bicyclic) bond motifs is 3. The van der Waals surface area contributed by atoms with Gasteiger partial charge in [0.15, 0.2) is 10.9 Å². The fourth-order valence-corrected chi connectivity index (χ4v) is 5.42. The lowest BCUT2D eigenvalue weighted by atomic mass is 10.2. The van der Waals surface area contributed by atoms with Crippen molar-refractivity contribution in [3.05, 3.63) is 88.2 Å². The summed E-state index contributed by atoms with van der Waals surface area (Å²) < 4.78 is 20.5. The molecule has 5 aromatic rings. The average Bonchev–Trinajstić information content (AvgIpc) is 3.49. The zero-order valence-corrected chi connectivity index (χ0v) is 21.9. The van der Waals surface area contributed by atoms with Gasteiger partial charge in [-0.3, -0.25) is 4.98 Å². The van der Waals surface area contributed by atoms with Crippen molar-refractivity contribution >= 4 is 39.8 Å². The summed E-state index contributed by atoms with van der Waals surface area (Å²) in [6, 6.07) is 11.8. The number of methoxy groups -OCH3 is 1. The van der Waals surface area contributed by atoms with Gasteiger partial charge in [0.1, 0.15) is 11.6 Å². The second kappa shape index (κ2) is 10.3. The summed E-state index contributed by atoms with van der Waals surface area (Å²) in [5.74, 6) is 1.57. The van der Waals surface area contributed by atoms with E-state index in [1.54, 1.807) is 13.3 Å². The van der Waals surface area contributed by atoms with Gasteiger partial charge in [-0.05, 0) is 29.8 Å². The Morgan fingerprint density at radius 1 is 1.03 bits per heavy atom. The Morgan fingerprint density at radius 2 is 1.84 bits per heavy atom. The van der Waals surface area contributed by atoms with Gasteiger partial charge in [-0.2, -0.15) is 5.10 Å². The molecule has 6 rings (SSSR count). The zero-order chi connectivity index (χ0) is 26.1. The van der Waals surface area contributed by atoms with E-state index in [4.69, 9.17) is 26.4 Å². The summed E-state index contributed by atoms with van der Waals surface area (Å²) in [5, 5.41) is 9.11. The molecule has 0 unspecified atom stereocenters. The van der Waals surface area contributed by atoms with Gasteiger partial charge in [0, 0.05) is 24.0 Å². The Balaban J connectivity index is 1.36. The average molecular weight is 549 g/mol. The molecule has 1 aliphatic rings. The van der Waals surface area contributed by atoms with Crippen LogP contribution in [-0.2, 0) is 19.5 Å². The highest BCUT2D eigenvalue weighted by Crippen LogP contribution is 2.41. The Bertz CT molecular complexity index is 1550. The molecule has 12 heteroatoms. The van der Waals surface area contributed by atoms with E-state index in [1.807, 2.05) is 47.3 Å². The highest BCUT2D eigenvalue weighted by molar-refractivity contribution is 7.16. The number of benzene rings is 1. The molecule has 0 radical (unpaired) electrons. The fourth-order valence-electron chi connectivity index (χ4n) is 4.35. The van der Waals surface area contributed by atoms with Gasteiger partial charge < -0.3 is 15.0 Å². The molecule has 0 saturated heterocycles. The third-order valence-corrected chi connectivity index (χ3v) is 7.40. The van der Waals surface area contributed by atoms with E-state index in [1.165, 1.54) is 11.3 Å². The number of rotatable bonds is 7. The first kappa shape index (κ1) is 24.3. The highest BCUT2D eigenvalue weighted by atomic mass is 35.5. The normalized spacial score (nSPS) is 12.6. The standard InChI is InChI=1S/C26H22ClFN8OS/c1-37-20-6-2-16(3-7-20)14-36-24-21(13-32-36)23-22(8-9-35(24)15-19-5-4-17(27)10-29-19)38-26(33-23)34-25-30-11-18(28)12-31-25/h2-7,10-13H,8-9,14-15H2,1H3,(H,30,31,33,34). The lowest BCUT2D eigenvalue weighted by Crippen LogP contribution is -2.28. The molecule has 0 bridgehead atoms. The lowest BCUT2D eigenvalue weighted by Gasteiger charge is -2.25. The Kier molecular flexibility index (Phi) is 6.61. The molecule has 0 atom stereocenters. The van der Waals surface area contributed by atoms with Crippen molar-refractivity contribution in [3.8, 4) is 17.0 Å². The topological polar surface area (TPSA) is 93.9 Å². The molecule has 0 saturated carbocycles. The molecule has 0 amide bonds. The number of thiazole rings is 1. The quantitative estimate of drug-likeness (QED) is 0.291. The molecule has 1 aromatic carbocycles. The number of aromatic nitrogens is 6. The van der Waals surface area contributed by atoms with Gasteiger partial charge in [-0.15, -0.1) is 11.3 Å². The van der Waals surface area contributed by atoms with Crippen LogP contribution in [0.25, 0.3) is 11.3 Å². The minimum Gasteiger partial charge on any atom is -0.497 e. The Morgan fingerprint density at radius 3 is 2.58 bits per heavy atom. The van der Waals surface area contributed by atoms with Gasteiger partial charge in [0.25, 0.3) is 0 Å². The van der Waals surface area contributed by atoms with Crippen LogP contribution in [-0.4, -0.2) is 43.4 Å². The van der Waals surface area contributed by atoms with E-state index in [2.05, 4.69) is 25.2 Å². The van der Waals surface area contributed by atoms with Gasteiger partial charge in [0.2, 0.25) is 5.95 Å². The van der Waals surface area contributed by atoms with E-state index in [0.29, 0.717) is 29.2 Å². The van der Waals surface area contributed by atoms with E-state index in [-0.39, 0.29) is 0 Å². The maximum atomic E-state index is 13.2.